The summed E-state index contributed by atoms with van der Waals surface area (Å²) in [5.41, 5.74) is 0.784. The lowest BCUT2D eigenvalue weighted by Gasteiger charge is -2.26. The quantitative estimate of drug-likeness (QED) is 0.772. The maximum Gasteiger partial charge on any atom is 0.316 e. The monoisotopic (exact) mass is 371 g/mol. The molecule has 0 heterocycles. The molecule has 1 N–H and O–H groups in total. The molecule has 0 aliphatic rings. The smallest absolute Gasteiger partial charge is 0.316 e. The molecule has 1 amide bonds. The normalized spacial score (nSPS) is 11.3. The SMILES string of the molecule is CCCN(C(=O)C(C)c1ccc(OC)c(N=S(=O)=O)c1)C(=S)NC. The number of benzene rings is 1. The molecule has 1 rings (SSSR count). The minimum absolute atomic E-state index is 0.154. The Balaban J connectivity index is 3.22. The van der Waals surface area contributed by atoms with Crippen LogP contribution in [0.15, 0.2) is 22.6 Å². The first-order valence-corrected chi connectivity index (χ1v) is 8.81. The van der Waals surface area contributed by atoms with Gasteiger partial charge in [-0.05, 0) is 43.3 Å². The number of hydrogen-bond donors (Lipinski definition) is 1. The predicted octanol–water partition coefficient (Wildman–Crippen LogP) is 2.24. The summed E-state index contributed by atoms with van der Waals surface area (Å²) >= 11 is 5.18. The van der Waals surface area contributed by atoms with Gasteiger partial charge in [0, 0.05) is 13.6 Å². The Kier molecular flexibility index (Phi) is 7.80. The molecule has 0 aliphatic carbocycles. The van der Waals surface area contributed by atoms with Gasteiger partial charge in [-0.3, -0.25) is 9.69 Å². The number of nitrogens with zero attached hydrogens (tertiary/aromatic N) is 2. The van der Waals surface area contributed by atoms with Crippen LogP contribution >= 0.6 is 12.2 Å². The van der Waals surface area contributed by atoms with Crippen LogP contribution in [0, 0.1) is 0 Å². The Hall–Kier alpha value is -2.00. The zero-order valence-electron chi connectivity index (χ0n) is 14.1. The van der Waals surface area contributed by atoms with Gasteiger partial charge in [0.15, 0.2) is 5.11 Å². The summed E-state index contributed by atoms with van der Waals surface area (Å²) in [4.78, 5) is 14.2. The molecule has 1 unspecified atom stereocenters. The number of thiocarbonyl (C=S) groups is 1. The van der Waals surface area contributed by atoms with E-state index in [0.29, 0.717) is 23.0 Å². The van der Waals surface area contributed by atoms with Gasteiger partial charge in [0.05, 0.1) is 13.0 Å². The summed E-state index contributed by atoms with van der Waals surface area (Å²) in [6, 6.07) is 4.83. The molecule has 0 radical (unpaired) electrons. The molecule has 0 spiro atoms. The van der Waals surface area contributed by atoms with Gasteiger partial charge in [-0.25, -0.2) is 0 Å². The molecule has 1 atom stereocenters. The average molecular weight is 371 g/mol. The number of amides is 1. The highest BCUT2D eigenvalue weighted by atomic mass is 32.2. The third kappa shape index (κ3) is 5.00. The van der Waals surface area contributed by atoms with Crippen LogP contribution < -0.4 is 10.1 Å². The highest BCUT2D eigenvalue weighted by Gasteiger charge is 2.24. The van der Waals surface area contributed by atoms with E-state index in [4.69, 9.17) is 17.0 Å². The number of methoxy groups -OCH3 is 1. The third-order valence-corrected chi connectivity index (χ3v) is 4.19. The lowest BCUT2D eigenvalue weighted by atomic mass is 9.99. The van der Waals surface area contributed by atoms with E-state index in [1.54, 1.807) is 26.1 Å². The van der Waals surface area contributed by atoms with E-state index in [1.165, 1.54) is 18.1 Å². The first-order chi connectivity index (χ1) is 11.3. The summed E-state index contributed by atoms with van der Waals surface area (Å²) in [6.45, 7) is 4.20. The van der Waals surface area contributed by atoms with Gasteiger partial charge in [0.1, 0.15) is 11.4 Å². The van der Waals surface area contributed by atoms with Crippen molar-refractivity contribution in [3.63, 3.8) is 0 Å². The maximum atomic E-state index is 12.7. The molecular formula is C15H21N3O4S2. The second kappa shape index (κ2) is 9.33. The van der Waals surface area contributed by atoms with Gasteiger partial charge >= 0.3 is 10.5 Å². The van der Waals surface area contributed by atoms with Crippen molar-refractivity contribution in [1.82, 2.24) is 10.2 Å². The summed E-state index contributed by atoms with van der Waals surface area (Å²) in [5.74, 6) is -0.364. The van der Waals surface area contributed by atoms with Gasteiger partial charge in [-0.2, -0.15) is 8.42 Å². The van der Waals surface area contributed by atoms with Crippen molar-refractivity contribution in [2.45, 2.75) is 26.2 Å². The van der Waals surface area contributed by atoms with Crippen molar-refractivity contribution >= 4 is 39.4 Å². The molecule has 24 heavy (non-hydrogen) atoms. The van der Waals surface area contributed by atoms with Crippen LogP contribution in [0.3, 0.4) is 0 Å². The van der Waals surface area contributed by atoms with E-state index in [-0.39, 0.29) is 11.6 Å². The van der Waals surface area contributed by atoms with Gasteiger partial charge < -0.3 is 10.1 Å². The summed E-state index contributed by atoms with van der Waals surface area (Å²) in [6.07, 6.45) is 0.763. The number of nitrogens with one attached hydrogen (secondary N) is 1. The first kappa shape index (κ1) is 20.0. The number of carbonyl (C=O) groups excluding carboxylic acids is 1. The highest BCUT2D eigenvalue weighted by molar-refractivity contribution is 7.80. The Morgan fingerprint density at radius 3 is 2.62 bits per heavy atom. The lowest BCUT2D eigenvalue weighted by Crippen LogP contribution is -2.44. The zero-order chi connectivity index (χ0) is 18.3. The van der Waals surface area contributed by atoms with E-state index in [9.17, 15) is 13.2 Å². The minimum atomic E-state index is -2.61. The standard InChI is InChI=1S/C15H21N3O4S2/c1-5-8-18(15(23)16-3)14(19)10(2)11-6-7-13(22-4)12(9-11)17-24(20)21/h6-7,9-10H,5,8H2,1-4H3,(H,16,23). The summed E-state index contributed by atoms with van der Waals surface area (Å²) in [5, 5.41) is 3.16. The fourth-order valence-corrected chi connectivity index (χ4v) is 2.66. The van der Waals surface area contributed by atoms with Crippen LogP contribution in [0.4, 0.5) is 5.69 Å². The topological polar surface area (TPSA) is 88.1 Å². The van der Waals surface area contributed by atoms with E-state index in [0.717, 1.165) is 6.42 Å². The number of carbonyl (C=O) groups is 1. The van der Waals surface area contributed by atoms with Crippen molar-refractivity contribution in [1.29, 1.82) is 0 Å². The van der Waals surface area contributed by atoms with Crippen molar-refractivity contribution in [2.24, 2.45) is 4.36 Å². The Morgan fingerprint density at radius 1 is 1.46 bits per heavy atom. The summed E-state index contributed by atoms with van der Waals surface area (Å²) in [7, 11) is 0.473. The van der Waals surface area contributed by atoms with Crippen LogP contribution in [0.5, 0.6) is 5.75 Å². The minimum Gasteiger partial charge on any atom is -0.494 e. The third-order valence-electron chi connectivity index (χ3n) is 3.42. The Labute approximate surface area is 148 Å². The van der Waals surface area contributed by atoms with Gasteiger partial charge in [-0.1, -0.05) is 13.0 Å². The molecule has 0 fully saturated rings. The van der Waals surface area contributed by atoms with Gasteiger partial charge in [0.2, 0.25) is 5.91 Å². The molecule has 132 valence electrons. The van der Waals surface area contributed by atoms with Crippen molar-refractivity contribution in [2.75, 3.05) is 20.7 Å². The second-order valence-corrected chi connectivity index (χ2v) is 6.01. The van der Waals surface area contributed by atoms with Crippen LogP contribution in [0.1, 0.15) is 31.7 Å². The van der Waals surface area contributed by atoms with Crippen LogP contribution in [0.2, 0.25) is 0 Å². The molecule has 0 bridgehead atoms. The average Bonchev–Trinajstić information content (AvgIpc) is 2.57. The van der Waals surface area contributed by atoms with Crippen LogP contribution in [-0.4, -0.2) is 45.0 Å². The molecule has 1 aromatic rings. The van der Waals surface area contributed by atoms with Crippen molar-refractivity contribution < 1.29 is 17.9 Å². The molecule has 7 nitrogen and oxygen atoms in total. The van der Waals surface area contributed by atoms with Gasteiger partial charge in [-0.15, -0.1) is 4.36 Å². The first-order valence-electron chi connectivity index (χ1n) is 7.37. The van der Waals surface area contributed by atoms with Crippen LogP contribution in [-0.2, 0) is 15.3 Å². The van der Waals surface area contributed by atoms with Crippen molar-refractivity contribution in [3.8, 4) is 5.75 Å². The highest BCUT2D eigenvalue weighted by Crippen LogP contribution is 2.31. The molecule has 0 aliphatic heterocycles. The molecule has 9 heteroatoms. The predicted molar refractivity (Wildman–Crippen MR) is 96.1 cm³/mol. The molecule has 0 aromatic heterocycles. The Bertz CT molecular complexity index is 739. The molecule has 0 saturated heterocycles. The van der Waals surface area contributed by atoms with Gasteiger partial charge in [0.25, 0.3) is 0 Å². The number of hydrogen-bond acceptors (Lipinski definition) is 6. The molecule has 1 aromatic carbocycles. The van der Waals surface area contributed by atoms with E-state index >= 15 is 0 Å². The molecule has 0 saturated carbocycles. The zero-order valence-corrected chi connectivity index (χ0v) is 15.7. The fourth-order valence-electron chi connectivity index (χ4n) is 2.17. The van der Waals surface area contributed by atoms with Crippen LogP contribution in [0.25, 0.3) is 0 Å². The number of rotatable bonds is 6. The fraction of sp³-hybridized carbons (Fsp3) is 0.467. The van der Waals surface area contributed by atoms with Crippen molar-refractivity contribution in [3.05, 3.63) is 23.8 Å². The van der Waals surface area contributed by atoms with E-state index in [1.807, 2.05) is 6.92 Å². The van der Waals surface area contributed by atoms with E-state index in [2.05, 4.69) is 9.68 Å². The van der Waals surface area contributed by atoms with E-state index < -0.39 is 16.4 Å². The summed E-state index contributed by atoms with van der Waals surface area (Å²) < 4.78 is 30.3. The largest absolute Gasteiger partial charge is 0.494 e. The molecular weight excluding hydrogens is 350 g/mol. The number of ether oxygens (including phenoxy) is 1. The lowest BCUT2D eigenvalue weighted by molar-refractivity contribution is -0.128. The second-order valence-electron chi connectivity index (χ2n) is 5.01. The Morgan fingerprint density at radius 2 is 2.12 bits per heavy atom. The maximum absolute atomic E-state index is 12.7.